The summed E-state index contributed by atoms with van der Waals surface area (Å²) in [6.07, 6.45) is 6.53. The maximum Gasteiger partial charge on any atom is 0.185 e. The molecule has 0 radical (unpaired) electrons. The van der Waals surface area contributed by atoms with Crippen LogP contribution in [-0.2, 0) is 0 Å². The van der Waals surface area contributed by atoms with E-state index in [4.69, 9.17) is 0 Å². The van der Waals surface area contributed by atoms with E-state index >= 15 is 0 Å². The number of carbonyl (C=O) groups is 1. The van der Waals surface area contributed by atoms with Gasteiger partial charge < -0.3 is 4.98 Å². The van der Waals surface area contributed by atoms with Gasteiger partial charge in [0.25, 0.3) is 0 Å². The standard InChI is InChI=1S/C12H10N2O/c15-11(10-4-2-1-3-5-10)6-7-12-13-8-9-14-12/h1-9H,(H,13,14)/b7-6+. The zero-order valence-corrected chi connectivity index (χ0v) is 8.05. The minimum Gasteiger partial charge on any atom is -0.345 e. The van der Waals surface area contributed by atoms with Crippen molar-refractivity contribution in [3.05, 3.63) is 60.2 Å². The molecule has 0 fully saturated rings. The van der Waals surface area contributed by atoms with Gasteiger partial charge >= 0.3 is 0 Å². The van der Waals surface area contributed by atoms with Gasteiger partial charge in [0.1, 0.15) is 5.82 Å². The van der Waals surface area contributed by atoms with Gasteiger partial charge in [-0.3, -0.25) is 4.79 Å². The van der Waals surface area contributed by atoms with Crippen molar-refractivity contribution in [3.8, 4) is 0 Å². The smallest absolute Gasteiger partial charge is 0.185 e. The molecule has 2 aromatic rings. The predicted molar refractivity (Wildman–Crippen MR) is 58.4 cm³/mol. The molecule has 0 saturated carbocycles. The Balaban J connectivity index is 2.11. The van der Waals surface area contributed by atoms with Crippen LogP contribution in [0, 0.1) is 0 Å². The summed E-state index contributed by atoms with van der Waals surface area (Å²) in [4.78, 5) is 18.5. The van der Waals surface area contributed by atoms with Gasteiger partial charge in [-0.25, -0.2) is 4.98 Å². The average molecular weight is 198 g/mol. The Morgan fingerprint density at radius 3 is 2.73 bits per heavy atom. The highest BCUT2D eigenvalue weighted by molar-refractivity contribution is 6.06. The van der Waals surface area contributed by atoms with Crippen LogP contribution in [0.25, 0.3) is 6.08 Å². The fourth-order valence-corrected chi connectivity index (χ4v) is 1.22. The summed E-state index contributed by atoms with van der Waals surface area (Å²) >= 11 is 0. The zero-order valence-electron chi connectivity index (χ0n) is 8.05. The van der Waals surface area contributed by atoms with Gasteiger partial charge in [0.05, 0.1) is 0 Å². The van der Waals surface area contributed by atoms with Crippen molar-refractivity contribution in [1.29, 1.82) is 0 Å². The molecule has 0 aliphatic heterocycles. The molecule has 0 unspecified atom stereocenters. The number of aromatic nitrogens is 2. The molecule has 1 aromatic carbocycles. The van der Waals surface area contributed by atoms with Crippen LogP contribution >= 0.6 is 0 Å². The second-order valence-corrected chi connectivity index (χ2v) is 3.04. The molecular formula is C12H10N2O. The van der Waals surface area contributed by atoms with E-state index in [1.54, 1.807) is 30.6 Å². The second-order valence-electron chi connectivity index (χ2n) is 3.04. The summed E-state index contributed by atoms with van der Waals surface area (Å²) in [6.45, 7) is 0. The summed E-state index contributed by atoms with van der Waals surface area (Å²) in [5, 5.41) is 0. The number of H-pyrrole nitrogens is 1. The van der Waals surface area contributed by atoms with Gasteiger partial charge in [-0.2, -0.15) is 0 Å². The molecule has 0 spiro atoms. The lowest BCUT2D eigenvalue weighted by molar-refractivity contribution is 0.104. The number of ketones is 1. The van der Waals surface area contributed by atoms with Crippen molar-refractivity contribution >= 4 is 11.9 Å². The minimum absolute atomic E-state index is 0.0213. The molecule has 1 heterocycles. The maximum atomic E-state index is 11.6. The zero-order chi connectivity index (χ0) is 10.5. The van der Waals surface area contributed by atoms with Gasteiger partial charge in [-0.15, -0.1) is 0 Å². The third-order valence-corrected chi connectivity index (χ3v) is 1.97. The lowest BCUT2D eigenvalue weighted by Crippen LogP contribution is -1.92. The summed E-state index contributed by atoms with van der Waals surface area (Å²) in [5.74, 6) is 0.659. The van der Waals surface area contributed by atoms with Gasteiger partial charge in [-0.1, -0.05) is 30.3 Å². The molecule has 0 amide bonds. The molecule has 1 aromatic heterocycles. The third-order valence-electron chi connectivity index (χ3n) is 1.97. The van der Waals surface area contributed by atoms with E-state index in [2.05, 4.69) is 9.97 Å². The number of hydrogen-bond acceptors (Lipinski definition) is 2. The molecule has 2 rings (SSSR count). The molecule has 0 aliphatic rings. The molecule has 74 valence electrons. The fraction of sp³-hybridized carbons (Fsp3) is 0. The Morgan fingerprint density at radius 1 is 1.27 bits per heavy atom. The Bertz CT molecular complexity index is 458. The monoisotopic (exact) mass is 198 g/mol. The molecule has 15 heavy (non-hydrogen) atoms. The van der Waals surface area contributed by atoms with Crippen LogP contribution in [0.15, 0.2) is 48.8 Å². The second kappa shape index (κ2) is 4.37. The number of nitrogens with zero attached hydrogens (tertiary/aromatic N) is 1. The first-order valence-corrected chi connectivity index (χ1v) is 4.63. The highest BCUT2D eigenvalue weighted by atomic mass is 16.1. The molecular weight excluding hydrogens is 188 g/mol. The summed E-state index contributed by atoms with van der Waals surface area (Å²) in [7, 11) is 0. The number of nitrogens with one attached hydrogen (secondary N) is 1. The highest BCUT2D eigenvalue weighted by Crippen LogP contribution is 2.02. The number of rotatable bonds is 3. The van der Waals surface area contributed by atoms with Crippen molar-refractivity contribution in [1.82, 2.24) is 9.97 Å². The van der Waals surface area contributed by atoms with E-state index in [1.807, 2.05) is 18.2 Å². The molecule has 3 heteroatoms. The van der Waals surface area contributed by atoms with E-state index in [0.29, 0.717) is 11.4 Å². The van der Waals surface area contributed by atoms with E-state index in [0.717, 1.165) is 0 Å². The Hall–Kier alpha value is -2.16. The van der Waals surface area contributed by atoms with Crippen LogP contribution in [0.1, 0.15) is 16.2 Å². The van der Waals surface area contributed by atoms with E-state index < -0.39 is 0 Å². The largest absolute Gasteiger partial charge is 0.345 e. The van der Waals surface area contributed by atoms with Crippen molar-refractivity contribution in [3.63, 3.8) is 0 Å². The van der Waals surface area contributed by atoms with Gasteiger partial charge in [-0.05, 0) is 12.2 Å². The predicted octanol–water partition coefficient (Wildman–Crippen LogP) is 2.31. The summed E-state index contributed by atoms with van der Waals surface area (Å²) < 4.78 is 0. The third kappa shape index (κ3) is 2.40. The first-order valence-electron chi connectivity index (χ1n) is 4.63. The minimum atomic E-state index is -0.0213. The first-order chi connectivity index (χ1) is 7.36. The van der Waals surface area contributed by atoms with Crippen molar-refractivity contribution in [2.45, 2.75) is 0 Å². The van der Waals surface area contributed by atoms with Gasteiger partial charge in [0.2, 0.25) is 0 Å². The molecule has 0 atom stereocenters. The van der Waals surface area contributed by atoms with Crippen molar-refractivity contribution in [2.75, 3.05) is 0 Å². The average Bonchev–Trinajstić information content (AvgIpc) is 2.80. The highest BCUT2D eigenvalue weighted by Gasteiger charge is 1.99. The number of benzene rings is 1. The van der Waals surface area contributed by atoms with Crippen LogP contribution in [0.2, 0.25) is 0 Å². The van der Waals surface area contributed by atoms with E-state index in [-0.39, 0.29) is 5.78 Å². The van der Waals surface area contributed by atoms with Crippen molar-refractivity contribution < 1.29 is 4.79 Å². The number of hydrogen-bond donors (Lipinski definition) is 1. The van der Waals surface area contributed by atoms with E-state index in [1.165, 1.54) is 6.08 Å². The fourth-order valence-electron chi connectivity index (χ4n) is 1.22. The van der Waals surface area contributed by atoms with Gasteiger partial charge in [0, 0.05) is 18.0 Å². The van der Waals surface area contributed by atoms with Gasteiger partial charge in [0.15, 0.2) is 5.78 Å². The van der Waals surface area contributed by atoms with Crippen LogP contribution in [0.5, 0.6) is 0 Å². The number of allylic oxidation sites excluding steroid dienone is 1. The summed E-state index contributed by atoms with van der Waals surface area (Å²) in [5.41, 5.74) is 0.681. The SMILES string of the molecule is O=C(/C=C/c1ncc[nH]1)c1ccccc1. The van der Waals surface area contributed by atoms with E-state index in [9.17, 15) is 4.79 Å². The van der Waals surface area contributed by atoms with Crippen LogP contribution in [0.4, 0.5) is 0 Å². The summed E-state index contributed by atoms with van der Waals surface area (Å²) in [6, 6.07) is 9.14. The molecule has 0 aliphatic carbocycles. The van der Waals surface area contributed by atoms with Crippen molar-refractivity contribution in [2.24, 2.45) is 0 Å². The van der Waals surface area contributed by atoms with Crippen LogP contribution in [0.3, 0.4) is 0 Å². The lowest BCUT2D eigenvalue weighted by Gasteiger charge is -1.92. The molecule has 1 N–H and O–H groups in total. The molecule has 0 bridgehead atoms. The molecule has 0 saturated heterocycles. The lowest BCUT2D eigenvalue weighted by atomic mass is 10.1. The normalized spacial score (nSPS) is 10.7. The maximum absolute atomic E-state index is 11.6. The first kappa shape index (κ1) is 9.40. The number of aromatic amines is 1. The Labute approximate surface area is 87.5 Å². The quantitative estimate of drug-likeness (QED) is 0.607. The number of imidazole rings is 1. The number of carbonyl (C=O) groups excluding carboxylic acids is 1. The van der Waals surface area contributed by atoms with Crippen LogP contribution in [-0.4, -0.2) is 15.8 Å². The molecule has 3 nitrogen and oxygen atoms in total. The topological polar surface area (TPSA) is 45.8 Å². The Morgan fingerprint density at radius 2 is 2.07 bits per heavy atom. The Kier molecular flexibility index (Phi) is 2.74. The van der Waals surface area contributed by atoms with Crippen LogP contribution < -0.4 is 0 Å².